The summed E-state index contributed by atoms with van der Waals surface area (Å²) < 4.78 is 5.09. The lowest BCUT2D eigenvalue weighted by atomic mass is 10.00. The van der Waals surface area contributed by atoms with Gasteiger partial charge >= 0.3 is 0 Å². The quantitative estimate of drug-likeness (QED) is 0.485. The highest BCUT2D eigenvalue weighted by molar-refractivity contribution is 6.32. The number of benzene rings is 1. The Balaban J connectivity index is 3.36. The Morgan fingerprint density at radius 3 is 2.56 bits per heavy atom. The van der Waals surface area contributed by atoms with Crippen molar-refractivity contribution in [2.24, 2.45) is 5.84 Å². The molecule has 1 rings (SSSR count). The Labute approximate surface area is 99.7 Å². The fourth-order valence-corrected chi connectivity index (χ4v) is 1.71. The molecule has 88 valence electrons. The van der Waals surface area contributed by atoms with Crippen LogP contribution in [0.3, 0.4) is 0 Å². The van der Waals surface area contributed by atoms with Gasteiger partial charge in [0.25, 0.3) is 5.91 Å². The molecule has 0 saturated carbocycles. The first-order valence-electron chi connectivity index (χ1n) is 4.89. The highest BCUT2D eigenvalue weighted by Crippen LogP contribution is 2.32. The van der Waals surface area contributed by atoms with Crippen LogP contribution < -0.4 is 16.0 Å². The zero-order valence-electron chi connectivity index (χ0n) is 9.50. The molecule has 0 aliphatic heterocycles. The van der Waals surface area contributed by atoms with Crippen LogP contribution in [0, 0.1) is 0 Å². The largest absolute Gasteiger partial charge is 0.494 e. The third-order valence-corrected chi connectivity index (χ3v) is 2.59. The second-order valence-corrected chi connectivity index (χ2v) is 4.12. The third kappa shape index (κ3) is 2.46. The van der Waals surface area contributed by atoms with Crippen LogP contribution in [0.5, 0.6) is 5.75 Å². The van der Waals surface area contributed by atoms with Crippen LogP contribution in [0.15, 0.2) is 12.1 Å². The highest BCUT2D eigenvalue weighted by Gasteiger charge is 2.17. The third-order valence-electron chi connectivity index (χ3n) is 2.31. The van der Waals surface area contributed by atoms with Crippen LogP contribution in [0.25, 0.3) is 0 Å². The molecule has 0 atom stereocenters. The molecule has 0 radical (unpaired) electrons. The molecule has 0 unspecified atom stereocenters. The molecule has 1 aromatic carbocycles. The van der Waals surface area contributed by atoms with Crippen molar-refractivity contribution in [1.82, 2.24) is 5.43 Å². The lowest BCUT2D eigenvalue weighted by molar-refractivity contribution is 0.0950. The van der Waals surface area contributed by atoms with E-state index in [-0.39, 0.29) is 5.92 Å². The number of carbonyl (C=O) groups excluding carboxylic acids is 1. The second kappa shape index (κ2) is 5.18. The molecule has 3 N–H and O–H groups in total. The van der Waals surface area contributed by atoms with Gasteiger partial charge in [-0.25, -0.2) is 5.84 Å². The van der Waals surface area contributed by atoms with E-state index in [1.165, 1.54) is 7.11 Å². The van der Waals surface area contributed by atoms with E-state index in [4.69, 9.17) is 22.2 Å². The van der Waals surface area contributed by atoms with Crippen molar-refractivity contribution >= 4 is 17.5 Å². The van der Waals surface area contributed by atoms with Gasteiger partial charge in [-0.2, -0.15) is 0 Å². The maximum Gasteiger partial charge on any atom is 0.269 e. The number of hydrogen-bond acceptors (Lipinski definition) is 3. The van der Waals surface area contributed by atoms with Gasteiger partial charge in [0.05, 0.1) is 17.7 Å². The molecular weight excluding hydrogens is 228 g/mol. The summed E-state index contributed by atoms with van der Waals surface area (Å²) in [7, 11) is 1.46. The number of hydrazine groups is 1. The molecule has 0 aliphatic rings. The minimum atomic E-state index is -0.416. The smallest absolute Gasteiger partial charge is 0.269 e. The molecule has 16 heavy (non-hydrogen) atoms. The number of carbonyl (C=O) groups is 1. The molecule has 0 spiro atoms. The molecule has 1 aromatic rings. The lowest BCUT2D eigenvalue weighted by Gasteiger charge is -2.13. The van der Waals surface area contributed by atoms with E-state index < -0.39 is 5.91 Å². The number of hydrogen-bond donors (Lipinski definition) is 2. The van der Waals surface area contributed by atoms with Gasteiger partial charge in [-0.3, -0.25) is 10.2 Å². The summed E-state index contributed by atoms with van der Waals surface area (Å²) in [6.07, 6.45) is 0. The van der Waals surface area contributed by atoms with Crippen molar-refractivity contribution in [1.29, 1.82) is 0 Å². The molecular formula is C11H15ClN2O2. The molecule has 0 fully saturated rings. The van der Waals surface area contributed by atoms with Crippen LogP contribution in [0.1, 0.15) is 35.7 Å². The summed E-state index contributed by atoms with van der Waals surface area (Å²) in [6, 6.07) is 3.52. The van der Waals surface area contributed by atoms with Crippen molar-refractivity contribution in [2.45, 2.75) is 19.8 Å². The van der Waals surface area contributed by atoms with Gasteiger partial charge in [0.2, 0.25) is 0 Å². The van der Waals surface area contributed by atoms with E-state index in [0.717, 1.165) is 5.56 Å². The number of rotatable bonds is 3. The molecule has 0 heterocycles. The van der Waals surface area contributed by atoms with E-state index in [0.29, 0.717) is 16.3 Å². The number of ether oxygens (including phenoxy) is 1. The summed E-state index contributed by atoms with van der Waals surface area (Å²) in [5.74, 6) is 5.30. The predicted molar refractivity (Wildman–Crippen MR) is 63.7 cm³/mol. The van der Waals surface area contributed by atoms with Gasteiger partial charge < -0.3 is 4.74 Å². The summed E-state index contributed by atoms with van der Waals surface area (Å²) in [6.45, 7) is 4.03. The molecule has 4 nitrogen and oxygen atoms in total. The first-order valence-corrected chi connectivity index (χ1v) is 5.27. The van der Waals surface area contributed by atoms with Gasteiger partial charge in [-0.1, -0.05) is 25.4 Å². The zero-order valence-corrected chi connectivity index (χ0v) is 10.3. The number of nitrogens with one attached hydrogen (secondary N) is 1. The number of nitrogens with two attached hydrogens (primary N) is 1. The van der Waals surface area contributed by atoms with Gasteiger partial charge in [-0.05, 0) is 23.6 Å². The van der Waals surface area contributed by atoms with Crippen molar-refractivity contribution in [3.63, 3.8) is 0 Å². The van der Waals surface area contributed by atoms with Gasteiger partial charge in [0.1, 0.15) is 5.75 Å². The van der Waals surface area contributed by atoms with E-state index in [2.05, 4.69) is 5.43 Å². The molecule has 0 aliphatic carbocycles. The van der Waals surface area contributed by atoms with Gasteiger partial charge in [0.15, 0.2) is 0 Å². The van der Waals surface area contributed by atoms with Gasteiger partial charge in [-0.15, -0.1) is 0 Å². The fourth-order valence-electron chi connectivity index (χ4n) is 1.40. The predicted octanol–water partition coefficient (Wildman–Crippen LogP) is 2.08. The Morgan fingerprint density at radius 2 is 2.12 bits per heavy atom. The van der Waals surface area contributed by atoms with Crippen LogP contribution in [-0.4, -0.2) is 13.0 Å². The van der Waals surface area contributed by atoms with Crippen LogP contribution >= 0.6 is 11.6 Å². The summed E-state index contributed by atoms with van der Waals surface area (Å²) in [5.41, 5.74) is 3.38. The summed E-state index contributed by atoms with van der Waals surface area (Å²) in [5, 5.41) is 0.410. The monoisotopic (exact) mass is 242 g/mol. The first-order chi connectivity index (χ1) is 7.51. The average molecular weight is 243 g/mol. The van der Waals surface area contributed by atoms with E-state index in [9.17, 15) is 4.79 Å². The Morgan fingerprint density at radius 1 is 1.50 bits per heavy atom. The SMILES string of the molecule is COc1c(Cl)cc(C(C)C)cc1C(=O)NN. The second-order valence-electron chi connectivity index (χ2n) is 3.71. The average Bonchev–Trinajstić information content (AvgIpc) is 2.26. The Bertz CT molecular complexity index is 405. The molecule has 1 amide bonds. The van der Waals surface area contributed by atoms with E-state index >= 15 is 0 Å². The van der Waals surface area contributed by atoms with Crippen molar-refractivity contribution in [2.75, 3.05) is 7.11 Å². The molecule has 0 aromatic heterocycles. The van der Waals surface area contributed by atoms with Crippen LogP contribution in [0.2, 0.25) is 5.02 Å². The van der Waals surface area contributed by atoms with Crippen molar-refractivity contribution < 1.29 is 9.53 Å². The normalized spacial score (nSPS) is 10.4. The minimum absolute atomic E-state index is 0.271. The number of amides is 1. The molecule has 0 saturated heterocycles. The number of methoxy groups -OCH3 is 1. The Kier molecular flexibility index (Phi) is 4.15. The number of nitrogen functional groups attached to an aromatic ring is 1. The van der Waals surface area contributed by atoms with Crippen molar-refractivity contribution in [3.05, 3.63) is 28.3 Å². The first kappa shape index (κ1) is 12.8. The van der Waals surface area contributed by atoms with E-state index in [1.54, 1.807) is 12.1 Å². The minimum Gasteiger partial charge on any atom is -0.494 e. The van der Waals surface area contributed by atoms with Crippen molar-refractivity contribution in [3.8, 4) is 5.75 Å². The molecule has 5 heteroatoms. The van der Waals surface area contributed by atoms with Crippen LogP contribution in [-0.2, 0) is 0 Å². The maximum absolute atomic E-state index is 11.5. The van der Waals surface area contributed by atoms with Gasteiger partial charge in [0, 0.05) is 0 Å². The fraction of sp³-hybridized carbons (Fsp3) is 0.364. The standard InChI is InChI=1S/C11H15ClN2O2/c1-6(2)7-4-8(11(15)14-13)10(16-3)9(12)5-7/h4-6H,13H2,1-3H3,(H,14,15). The number of halogens is 1. The van der Waals surface area contributed by atoms with E-state index in [1.807, 2.05) is 13.8 Å². The lowest BCUT2D eigenvalue weighted by Crippen LogP contribution is -2.30. The van der Waals surface area contributed by atoms with Crippen LogP contribution in [0.4, 0.5) is 0 Å². The topological polar surface area (TPSA) is 64.3 Å². The summed E-state index contributed by atoms with van der Waals surface area (Å²) in [4.78, 5) is 11.5. The zero-order chi connectivity index (χ0) is 12.3. The maximum atomic E-state index is 11.5. The highest BCUT2D eigenvalue weighted by atomic mass is 35.5. The summed E-state index contributed by atoms with van der Waals surface area (Å²) >= 11 is 6.03. The molecule has 0 bridgehead atoms. The Hall–Kier alpha value is -1.26.